The first kappa shape index (κ1) is 16.1. The Morgan fingerprint density at radius 3 is 2.71 bits per heavy atom. The van der Waals surface area contributed by atoms with E-state index in [0.717, 1.165) is 29.5 Å². The van der Waals surface area contributed by atoms with Crippen molar-refractivity contribution in [1.29, 1.82) is 0 Å². The number of hydrogen-bond acceptors (Lipinski definition) is 5. The van der Waals surface area contributed by atoms with Gasteiger partial charge in [0.15, 0.2) is 0 Å². The van der Waals surface area contributed by atoms with E-state index in [2.05, 4.69) is 35.0 Å². The molecule has 0 bridgehead atoms. The largest absolute Gasteiger partial charge is 0.326 e. The molecule has 0 aliphatic heterocycles. The van der Waals surface area contributed by atoms with Gasteiger partial charge < -0.3 is 10.6 Å². The average molecular weight is 307 g/mol. The third kappa shape index (κ3) is 4.62. The second-order valence-corrected chi connectivity index (χ2v) is 6.18. The number of unbranched alkanes of at least 4 members (excludes halogenated alkanes) is 1. The number of hydrogen-bond donors (Lipinski definition) is 1. The molecule has 0 atom stereocenters. The van der Waals surface area contributed by atoms with E-state index in [1.807, 2.05) is 17.1 Å². The molecular weight excluding hydrogens is 282 g/mol. The molecule has 2 N–H and O–H groups in total. The summed E-state index contributed by atoms with van der Waals surface area (Å²) in [6.45, 7) is 8.45. The monoisotopic (exact) mass is 307 g/mol. The van der Waals surface area contributed by atoms with Gasteiger partial charge in [-0.2, -0.15) is 5.10 Å². The molecule has 5 nitrogen and oxygen atoms in total. The van der Waals surface area contributed by atoms with Crippen LogP contribution in [0.5, 0.6) is 0 Å². The Morgan fingerprint density at radius 1 is 1.24 bits per heavy atom. The van der Waals surface area contributed by atoms with Crippen LogP contribution >= 0.6 is 11.3 Å². The second-order valence-electron chi connectivity index (χ2n) is 5.09. The second kappa shape index (κ2) is 8.26. The molecule has 0 amide bonds. The summed E-state index contributed by atoms with van der Waals surface area (Å²) in [4.78, 5) is 7.89. The van der Waals surface area contributed by atoms with Crippen LogP contribution in [-0.2, 0) is 13.0 Å². The molecule has 0 saturated heterocycles. The van der Waals surface area contributed by atoms with E-state index < -0.39 is 0 Å². The van der Waals surface area contributed by atoms with Crippen LogP contribution in [0.4, 0.5) is 0 Å². The fourth-order valence-electron chi connectivity index (χ4n) is 2.30. The lowest BCUT2D eigenvalue weighted by molar-refractivity contribution is 0.297. The van der Waals surface area contributed by atoms with Gasteiger partial charge in [0.05, 0.1) is 6.20 Å². The summed E-state index contributed by atoms with van der Waals surface area (Å²) in [5.74, 6) is 0. The number of nitrogens with zero attached hydrogens (tertiary/aromatic N) is 4. The van der Waals surface area contributed by atoms with E-state index in [4.69, 9.17) is 5.73 Å². The summed E-state index contributed by atoms with van der Waals surface area (Å²) >= 11 is 1.60. The first-order valence-corrected chi connectivity index (χ1v) is 8.49. The van der Waals surface area contributed by atoms with Crippen LogP contribution in [0.2, 0.25) is 0 Å². The zero-order valence-electron chi connectivity index (χ0n) is 13.0. The van der Waals surface area contributed by atoms with Gasteiger partial charge in [0.25, 0.3) is 0 Å². The molecule has 0 aliphatic rings. The Labute approximate surface area is 130 Å². The van der Waals surface area contributed by atoms with Gasteiger partial charge in [0, 0.05) is 23.8 Å². The Kier molecular flexibility index (Phi) is 6.35. The first-order chi connectivity index (χ1) is 10.3. The zero-order chi connectivity index (χ0) is 15.1. The molecule has 2 aromatic rings. The fourth-order valence-corrected chi connectivity index (χ4v) is 3.02. The van der Waals surface area contributed by atoms with E-state index in [-0.39, 0.29) is 0 Å². The third-order valence-electron chi connectivity index (χ3n) is 3.66. The molecule has 0 saturated carbocycles. The van der Waals surface area contributed by atoms with Crippen LogP contribution in [0.3, 0.4) is 0 Å². The van der Waals surface area contributed by atoms with Gasteiger partial charge in [-0.1, -0.05) is 25.2 Å². The van der Waals surface area contributed by atoms with Crippen LogP contribution < -0.4 is 5.73 Å². The molecule has 0 unspecified atom stereocenters. The van der Waals surface area contributed by atoms with Crippen molar-refractivity contribution in [2.24, 2.45) is 5.73 Å². The highest BCUT2D eigenvalue weighted by Crippen LogP contribution is 2.17. The summed E-state index contributed by atoms with van der Waals surface area (Å²) in [5.41, 5.74) is 6.89. The van der Waals surface area contributed by atoms with E-state index in [9.17, 15) is 0 Å². The lowest BCUT2D eigenvalue weighted by Crippen LogP contribution is -2.23. The zero-order valence-corrected chi connectivity index (χ0v) is 13.8. The minimum atomic E-state index is 0.539. The number of aryl methyl sites for hydroxylation is 1. The highest BCUT2D eigenvalue weighted by molar-refractivity contribution is 7.14. The number of rotatable bonds is 9. The van der Waals surface area contributed by atoms with E-state index >= 15 is 0 Å². The standard InChI is InChI=1S/C15H25N5S/c1-3-19(4-2)8-6-5-7-13-10-18-20(12-13)15-17-11-14(9-16)21-15/h10-12H,3-9,16H2,1-2H3. The molecule has 0 aromatic carbocycles. The number of aromatic nitrogens is 3. The van der Waals surface area contributed by atoms with Crippen LogP contribution in [0, 0.1) is 0 Å². The summed E-state index contributed by atoms with van der Waals surface area (Å²) in [6.07, 6.45) is 9.37. The van der Waals surface area contributed by atoms with Gasteiger partial charge in [-0.05, 0) is 44.5 Å². The summed E-state index contributed by atoms with van der Waals surface area (Å²) < 4.78 is 1.85. The third-order valence-corrected chi connectivity index (χ3v) is 4.67. The van der Waals surface area contributed by atoms with Gasteiger partial charge in [0.1, 0.15) is 0 Å². The molecule has 21 heavy (non-hydrogen) atoms. The topological polar surface area (TPSA) is 60.0 Å². The maximum absolute atomic E-state index is 5.61. The van der Waals surface area contributed by atoms with E-state index in [1.54, 1.807) is 11.3 Å². The molecule has 116 valence electrons. The molecule has 2 heterocycles. The first-order valence-electron chi connectivity index (χ1n) is 7.67. The highest BCUT2D eigenvalue weighted by Gasteiger charge is 2.06. The predicted molar refractivity (Wildman–Crippen MR) is 87.9 cm³/mol. The van der Waals surface area contributed by atoms with Crippen molar-refractivity contribution in [3.05, 3.63) is 29.0 Å². The van der Waals surface area contributed by atoms with Crippen molar-refractivity contribution >= 4 is 11.3 Å². The summed E-state index contributed by atoms with van der Waals surface area (Å²) in [7, 11) is 0. The average Bonchev–Trinajstić information content (AvgIpc) is 3.16. The fraction of sp³-hybridized carbons (Fsp3) is 0.600. The van der Waals surface area contributed by atoms with Crippen LogP contribution in [0.15, 0.2) is 18.6 Å². The normalized spacial score (nSPS) is 11.4. The van der Waals surface area contributed by atoms with Gasteiger partial charge >= 0.3 is 0 Å². The molecule has 6 heteroatoms. The Balaban J connectivity index is 1.80. The van der Waals surface area contributed by atoms with Crippen LogP contribution in [0.25, 0.3) is 5.13 Å². The highest BCUT2D eigenvalue weighted by atomic mass is 32.1. The van der Waals surface area contributed by atoms with Crippen LogP contribution in [-0.4, -0.2) is 39.3 Å². The lowest BCUT2D eigenvalue weighted by Gasteiger charge is -2.17. The maximum atomic E-state index is 5.61. The minimum absolute atomic E-state index is 0.539. The molecule has 0 spiro atoms. The van der Waals surface area contributed by atoms with Crippen molar-refractivity contribution in [2.45, 2.75) is 39.7 Å². The van der Waals surface area contributed by atoms with Gasteiger partial charge in [-0.3, -0.25) is 0 Å². The molecule has 2 aromatic heterocycles. The summed E-state index contributed by atoms with van der Waals surface area (Å²) in [5, 5.41) is 5.29. The van der Waals surface area contributed by atoms with Crippen molar-refractivity contribution in [3.63, 3.8) is 0 Å². The Hall–Kier alpha value is -1.24. The molecule has 0 radical (unpaired) electrons. The lowest BCUT2D eigenvalue weighted by atomic mass is 10.1. The van der Waals surface area contributed by atoms with Crippen molar-refractivity contribution < 1.29 is 0 Å². The Bertz CT molecular complexity index is 530. The molecular formula is C15H25N5S. The van der Waals surface area contributed by atoms with Gasteiger partial charge in [0.2, 0.25) is 5.13 Å². The van der Waals surface area contributed by atoms with Gasteiger partial charge in [-0.15, -0.1) is 0 Å². The summed E-state index contributed by atoms with van der Waals surface area (Å²) in [6, 6.07) is 0. The SMILES string of the molecule is CCN(CC)CCCCc1cnn(-c2ncc(CN)s2)c1. The minimum Gasteiger partial charge on any atom is -0.326 e. The molecule has 0 fully saturated rings. The quantitative estimate of drug-likeness (QED) is 0.723. The predicted octanol–water partition coefficient (Wildman–Crippen LogP) is 2.45. The van der Waals surface area contributed by atoms with Crippen molar-refractivity contribution in [1.82, 2.24) is 19.7 Å². The maximum Gasteiger partial charge on any atom is 0.210 e. The van der Waals surface area contributed by atoms with Crippen molar-refractivity contribution in [3.8, 4) is 5.13 Å². The number of nitrogens with two attached hydrogens (primary N) is 1. The van der Waals surface area contributed by atoms with Crippen molar-refractivity contribution in [2.75, 3.05) is 19.6 Å². The van der Waals surface area contributed by atoms with Crippen LogP contribution in [0.1, 0.15) is 37.1 Å². The number of thiazole rings is 1. The smallest absolute Gasteiger partial charge is 0.210 e. The van der Waals surface area contributed by atoms with E-state index in [0.29, 0.717) is 6.54 Å². The molecule has 2 rings (SSSR count). The molecule has 0 aliphatic carbocycles. The Morgan fingerprint density at radius 2 is 2.05 bits per heavy atom. The van der Waals surface area contributed by atoms with Gasteiger partial charge in [-0.25, -0.2) is 9.67 Å². The van der Waals surface area contributed by atoms with E-state index in [1.165, 1.54) is 24.9 Å².